The quantitative estimate of drug-likeness (QED) is 0.490. The molecular weight excluding hydrogens is 383 g/mol. The van der Waals surface area contributed by atoms with Crippen LogP contribution in [0.15, 0.2) is 70.0 Å². The SMILES string of the molecule is Cc1ccnc(N2C(=O)c3oc4ccc(C)cc4c(=O)c3[C@@H]2c2ccccc2F)c1. The van der Waals surface area contributed by atoms with E-state index in [2.05, 4.69) is 4.98 Å². The number of fused-ring (bicyclic) bond motifs is 2. The molecule has 2 aromatic carbocycles. The van der Waals surface area contributed by atoms with Crippen LogP contribution in [0, 0.1) is 19.7 Å². The van der Waals surface area contributed by atoms with Gasteiger partial charge in [0.05, 0.1) is 17.0 Å². The Kier molecular flexibility index (Phi) is 4.03. The zero-order valence-corrected chi connectivity index (χ0v) is 16.3. The minimum atomic E-state index is -0.968. The Morgan fingerprint density at radius 3 is 2.53 bits per heavy atom. The molecule has 0 saturated heterocycles. The number of carbonyl (C=O) groups excluding carboxylic acids is 1. The maximum atomic E-state index is 14.8. The monoisotopic (exact) mass is 400 g/mol. The molecule has 1 amide bonds. The molecule has 6 heteroatoms. The van der Waals surface area contributed by atoms with E-state index in [1.807, 2.05) is 19.9 Å². The second kappa shape index (κ2) is 6.62. The van der Waals surface area contributed by atoms with Gasteiger partial charge in [0.25, 0.3) is 5.91 Å². The molecule has 0 unspecified atom stereocenters. The highest BCUT2D eigenvalue weighted by Crippen LogP contribution is 2.41. The van der Waals surface area contributed by atoms with Gasteiger partial charge in [0, 0.05) is 11.8 Å². The third kappa shape index (κ3) is 2.64. The van der Waals surface area contributed by atoms with E-state index < -0.39 is 17.8 Å². The lowest BCUT2D eigenvalue weighted by Gasteiger charge is -2.24. The molecule has 3 heterocycles. The largest absolute Gasteiger partial charge is 0.450 e. The van der Waals surface area contributed by atoms with Gasteiger partial charge in [0.1, 0.15) is 17.2 Å². The fraction of sp³-hybridized carbons (Fsp3) is 0.125. The zero-order chi connectivity index (χ0) is 21.0. The van der Waals surface area contributed by atoms with Crippen molar-refractivity contribution in [2.75, 3.05) is 4.90 Å². The maximum Gasteiger partial charge on any atom is 0.296 e. The smallest absolute Gasteiger partial charge is 0.296 e. The summed E-state index contributed by atoms with van der Waals surface area (Å²) in [7, 11) is 0. The van der Waals surface area contributed by atoms with Crippen molar-refractivity contribution < 1.29 is 13.6 Å². The first-order valence-corrected chi connectivity index (χ1v) is 9.53. The predicted octanol–water partition coefficient (Wildman–Crippen LogP) is 4.69. The number of rotatable bonds is 2. The molecular formula is C24H17FN2O3. The third-order valence-corrected chi connectivity index (χ3v) is 5.37. The van der Waals surface area contributed by atoms with Gasteiger partial charge in [-0.05, 0) is 49.7 Å². The van der Waals surface area contributed by atoms with Crippen molar-refractivity contribution in [2.45, 2.75) is 19.9 Å². The van der Waals surface area contributed by atoms with Crippen molar-refractivity contribution in [2.24, 2.45) is 0 Å². The number of halogens is 1. The van der Waals surface area contributed by atoms with E-state index in [1.54, 1.807) is 48.7 Å². The Morgan fingerprint density at radius 1 is 1.00 bits per heavy atom. The Hall–Kier alpha value is -3.80. The normalized spacial score (nSPS) is 15.6. The second-order valence-electron chi connectivity index (χ2n) is 7.46. The summed E-state index contributed by atoms with van der Waals surface area (Å²) in [6.07, 6.45) is 1.58. The van der Waals surface area contributed by atoms with Crippen LogP contribution >= 0.6 is 0 Å². The highest BCUT2D eigenvalue weighted by Gasteiger charge is 2.45. The highest BCUT2D eigenvalue weighted by molar-refractivity contribution is 6.10. The van der Waals surface area contributed by atoms with Crippen LogP contribution in [0.2, 0.25) is 0 Å². The summed E-state index contributed by atoms with van der Waals surface area (Å²) in [5, 5.41) is 0.363. The molecule has 0 spiro atoms. The number of aromatic nitrogens is 1. The number of aryl methyl sites for hydroxylation is 2. The summed E-state index contributed by atoms with van der Waals surface area (Å²) in [4.78, 5) is 32.5. The summed E-state index contributed by atoms with van der Waals surface area (Å²) in [6, 6.07) is 13.9. The van der Waals surface area contributed by atoms with Gasteiger partial charge in [-0.15, -0.1) is 0 Å². The van der Waals surface area contributed by atoms with Crippen LogP contribution in [-0.2, 0) is 0 Å². The first-order chi connectivity index (χ1) is 14.5. The molecule has 1 aliphatic heterocycles. The Bertz CT molecular complexity index is 1390. The molecule has 5 nitrogen and oxygen atoms in total. The Morgan fingerprint density at radius 2 is 1.77 bits per heavy atom. The molecule has 0 N–H and O–H groups in total. The van der Waals surface area contributed by atoms with Crippen LogP contribution in [-0.4, -0.2) is 10.9 Å². The molecule has 0 bridgehead atoms. The molecule has 0 aliphatic carbocycles. The lowest BCUT2D eigenvalue weighted by Crippen LogP contribution is -2.30. The molecule has 148 valence electrons. The van der Waals surface area contributed by atoms with Gasteiger partial charge >= 0.3 is 0 Å². The average Bonchev–Trinajstić information content (AvgIpc) is 3.01. The van der Waals surface area contributed by atoms with Crippen molar-refractivity contribution in [3.63, 3.8) is 0 Å². The van der Waals surface area contributed by atoms with E-state index in [4.69, 9.17) is 4.42 Å². The zero-order valence-electron chi connectivity index (χ0n) is 16.3. The van der Waals surface area contributed by atoms with E-state index in [0.29, 0.717) is 16.8 Å². The number of pyridine rings is 1. The molecule has 2 aromatic heterocycles. The van der Waals surface area contributed by atoms with Crippen LogP contribution in [0.3, 0.4) is 0 Å². The second-order valence-corrected chi connectivity index (χ2v) is 7.46. The molecule has 0 fully saturated rings. The van der Waals surface area contributed by atoms with Crippen molar-refractivity contribution in [3.05, 3.63) is 105 Å². The highest BCUT2D eigenvalue weighted by atomic mass is 19.1. The Labute approximate surface area is 171 Å². The van der Waals surface area contributed by atoms with Gasteiger partial charge in [0.15, 0.2) is 5.43 Å². The minimum absolute atomic E-state index is 0.0760. The molecule has 1 atom stereocenters. The molecule has 0 radical (unpaired) electrons. The number of amides is 1. The van der Waals surface area contributed by atoms with Gasteiger partial charge in [-0.1, -0.05) is 29.8 Å². The number of nitrogens with zero attached hydrogens (tertiary/aromatic N) is 2. The Balaban J connectivity index is 1.86. The molecule has 1 aliphatic rings. The van der Waals surface area contributed by atoms with Crippen LogP contribution in [0.5, 0.6) is 0 Å². The van der Waals surface area contributed by atoms with Gasteiger partial charge in [-0.2, -0.15) is 0 Å². The molecule has 4 aromatic rings. The van der Waals surface area contributed by atoms with Crippen molar-refractivity contribution in [1.29, 1.82) is 0 Å². The number of carbonyl (C=O) groups is 1. The summed E-state index contributed by atoms with van der Waals surface area (Å²) < 4.78 is 20.7. The number of anilines is 1. The van der Waals surface area contributed by atoms with Crippen LogP contribution in [0.1, 0.15) is 38.9 Å². The van der Waals surface area contributed by atoms with E-state index in [9.17, 15) is 14.0 Å². The lowest BCUT2D eigenvalue weighted by molar-refractivity contribution is 0.0970. The minimum Gasteiger partial charge on any atom is -0.450 e. The standard InChI is InChI=1S/C24H17FN2O3/c1-13-7-8-18-16(11-13)22(28)20-21(15-5-3-4-6-17(15)25)27(24(29)23(20)30-18)19-12-14(2)9-10-26-19/h3-12,21H,1-2H3/t21-/m0/s1. The van der Waals surface area contributed by atoms with E-state index in [1.165, 1.54) is 11.0 Å². The predicted molar refractivity (Wildman–Crippen MR) is 111 cm³/mol. The van der Waals surface area contributed by atoms with Crippen LogP contribution in [0.25, 0.3) is 11.0 Å². The van der Waals surface area contributed by atoms with Gasteiger partial charge in [0.2, 0.25) is 5.76 Å². The van der Waals surface area contributed by atoms with E-state index in [0.717, 1.165) is 11.1 Å². The summed E-state index contributed by atoms with van der Waals surface area (Å²) in [5.41, 5.74) is 2.10. The van der Waals surface area contributed by atoms with Crippen molar-refractivity contribution in [1.82, 2.24) is 4.98 Å². The average molecular weight is 400 g/mol. The lowest BCUT2D eigenvalue weighted by atomic mass is 9.97. The fourth-order valence-electron chi connectivity index (χ4n) is 3.97. The summed E-state index contributed by atoms with van der Waals surface area (Å²) >= 11 is 0. The number of hydrogen-bond acceptors (Lipinski definition) is 4. The van der Waals surface area contributed by atoms with Crippen molar-refractivity contribution in [3.8, 4) is 0 Å². The first-order valence-electron chi connectivity index (χ1n) is 9.53. The molecule has 5 rings (SSSR count). The van der Waals surface area contributed by atoms with E-state index >= 15 is 0 Å². The van der Waals surface area contributed by atoms with Gasteiger partial charge < -0.3 is 4.42 Å². The topological polar surface area (TPSA) is 63.4 Å². The van der Waals surface area contributed by atoms with Crippen LogP contribution in [0.4, 0.5) is 10.2 Å². The van der Waals surface area contributed by atoms with Gasteiger partial charge in [-0.25, -0.2) is 9.37 Å². The molecule has 30 heavy (non-hydrogen) atoms. The van der Waals surface area contributed by atoms with Crippen LogP contribution < -0.4 is 10.3 Å². The first kappa shape index (κ1) is 18.2. The number of hydrogen-bond donors (Lipinski definition) is 0. The third-order valence-electron chi connectivity index (χ3n) is 5.37. The molecule has 0 saturated carbocycles. The maximum absolute atomic E-state index is 14.8. The summed E-state index contributed by atoms with van der Waals surface area (Å²) in [6.45, 7) is 3.74. The fourth-order valence-corrected chi connectivity index (χ4v) is 3.97. The number of benzene rings is 2. The van der Waals surface area contributed by atoms with Gasteiger partial charge in [-0.3, -0.25) is 14.5 Å². The van der Waals surface area contributed by atoms with E-state index in [-0.39, 0.29) is 22.3 Å². The summed E-state index contributed by atoms with van der Waals surface area (Å²) in [5.74, 6) is -0.771. The van der Waals surface area contributed by atoms with Crippen molar-refractivity contribution >= 4 is 22.7 Å².